The second kappa shape index (κ2) is 20.2. The third-order valence-corrected chi connectivity index (χ3v) is 5.09. The lowest BCUT2D eigenvalue weighted by Gasteiger charge is -2.18. The van der Waals surface area contributed by atoms with Crippen LogP contribution in [0.25, 0.3) is 0 Å². The van der Waals surface area contributed by atoms with E-state index in [9.17, 15) is 0 Å². The van der Waals surface area contributed by atoms with E-state index < -0.39 is 0 Å². The number of ether oxygens (including phenoxy) is 4. The Kier molecular flexibility index (Phi) is 17.9. The summed E-state index contributed by atoms with van der Waals surface area (Å²) >= 11 is 0. The fourth-order valence-electron chi connectivity index (χ4n) is 3.26. The van der Waals surface area contributed by atoms with Gasteiger partial charge in [0.1, 0.15) is 0 Å². The average Bonchev–Trinajstić information content (AvgIpc) is 2.80. The molecule has 178 valence electrons. The molecule has 4 heteroatoms. The van der Waals surface area contributed by atoms with E-state index in [1.165, 1.54) is 51.4 Å². The highest BCUT2D eigenvalue weighted by atomic mass is 16.7. The fourth-order valence-corrected chi connectivity index (χ4v) is 3.26. The summed E-state index contributed by atoms with van der Waals surface area (Å²) in [5, 5.41) is 0. The zero-order valence-corrected chi connectivity index (χ0v) is 20.3. The second-order valence-corrected chi connectivity index (χ2v) is 8.08. The largest absolute Gasteiger partial charge is 0.491 e. The first kappa shape index (κ1) is 27.4. The maximum Gasteiger partial charge on any atom is 0.321 e. The van der Waals surface area contributed by atoms with Crippen LogP contribution in [0.5, 0.6) is 0 Å². The summed E-state index contributed by atoms with van der Waals surface area (Å²) in [6.07, 6.45) is 13.9. The lowest BCUT2D eigenvalue weighted by molar-refractivity contribution is -0.0894. The van der Waals surface area contributed by atoms with Gasteiger partial charge in [-0.2, -0.15) is 0 Å². The number of allylic oxidation sites excluding steroid dienone is 1. The maximum absolute atomic E-state index is 6.11. The van der Waals surface area contributed by atoms with Gasteiger partial charge in [-0.15, -0.1) is 0 Å². The molecule has 0 saturated heterocycles. The van der Waals surface area contributed by atoms with E-state index in [1.54, 1.807) is 0 Å². The van der Waals surface area contributed by atoms with Crippen LogP contribution in [0, 0.1) is 0 Å². The summed E-state index contributed by atoms with van der Waals surface area (Å²) in [4.78, 5) is 0. The van der Waals surface area contributed by atoms with E-state index >= 15 is 0 Å². The van der Waals surface area contributed by atoms with Crippen molar-refractivity contribution in [3.63, 3.8) is 0 Å². The van der Waals surface area contributed by atoms with E-state index in [2.05, 4.69) is 20.8 Å². The third kappa shape index (κ3) is 14.9. The van der Waals surface area contributed by atoms with Crippen LogP contribution in [0.1, 0.15) is 103 Å². The van der Waals surface area contributed by atoms with Crippen LogP contribution < -0.4 is 0 Å². The van der Waals surface area contributed by atoms with E-state index in [1.807, 2.05) is 30.3 Å². The Morgan fingerprint density at radius 1 is 0.645 bits per heavy atom. The van der Waals surface area contributed by atoms with Gasteiger partial charge < -0.3 is 18.9 Å². The highest BCUT2D eigenvalue weighted by Gasteiger charge is 2.12. The molecule has 4 nitrogen and oxygen atoms in total. The molecule has 0 radical (unpaired) electrons. The molecule has 0 aliphatic carbocycles. The normalized spacial score (nSPS) is 11.8. The van der Waals surface area contributed by atoms with Crippen LogP contribution >= 0.6 is 0 Å². The average molecular weight is 435 g/mol. The smallest absolute Gasteiger partial charge is 0.321 e. The van der Waals surface area contributed by atoms with E-state index in [-0.39, 0.29) is 6.79 Å². The predicted octanol–water partition coefficient (Wildman–Crippen LogP) is 8.12. The molecule has 0 aliphatic heterocycles. The van der Waals surface area contributed by atoms with E-state index in [4.69, 9.17) is 18.9 Å². The van der Waals surface area contributed by atoms with Crippen molar-refractivity contribution in [3.05, 3.63) is 47.6 Å². The summed E-state index contributed by atoms with van der Waals surface area (Å²) in [7, 11) is 0. The summed E-state index contributed by atoms with van der Waals surface area (Å²) in [6.45, 7) is 8.68. The summed E-state index contributed by atoms with van der Waals surface area (Å²) in [5.41, 5.74) is 1.13. The first-order chi connectivity index (χ1) is 15.3. The van der Waals surface area contributed by atoms with Crippen LogP contribution in [-0.4, -0.2) is 20.0 Å². The highest BCUT2D eigenvalue weighted by molar-refractivity contribution is 5.13. The van der Waals surface area contributed by atoms with Gasteiger partial charge in [-0.3, -0.25) is 0 Å². The van der Waals surface area contributed by atoms with E-state index in [0.717, 1.165) is 43.6 Å². The molecule has 0 unspecified atom stereocenters. The van der Waals surface area contributed by atoms with Crippen LogP contribution in [0.3, 0.4) is 0 Å². The van der Waals surface area contributed by atoms with E-state index in [0.29, 0.717) is 19.2 Å². The Hall–Kier alpha value is -1.68. The first-order valence-electron chi connectivity index (χ1n) is 12.5. The second-order valence-electron chi connectivity index (χ2n) is 8.08. The standard InChI is InChI=1S/C27H46O4/c1-4-7-9-11-16-21-29-26(18-6-3)27(30-22-17-12-10-8-5-2)31-24-28-23-25-19-14-13-15-20-25/h13-15,19-20H,4-12,16-18,21-24H2,1-3H3. The molecular formula is C27H46O4. The lowest BCUT2D eigenvalue weighted by atomic mass is 10.2. The molecule has 1 aromatic carbocycles. The fraction of sp³-hybridized carbons (Fsp3) is 0.704. The van der Waals surface area contributed by atoms with Gasteiger partial charge in [0.25, 0.3) is 0 Å². The van der Waals surface area contributed by atoms with Gasteiger partial charge in [0.2, 0.25) is 0 Å². The zero-order chi connectivity index (χ0) is 22.4. The summed E-state index contributed by atoms with van der Waals surface area (Å²) < 4.78 is 23.8. The number of rotatable bonds is 21. The van der Waals surface area contributed by atoms with Gasteiger partial charge in [-0.25, -0.2) is 0 Å². The molecule has 0 atom stereocenters. The van der Waals surface area contributed by atoms with Crippen molar-refractivity contribution in [2.75, 3.05) is 20.0 Å². The number of hydrogen-bond acceptors (Lipinski definition) is 4. The maximum atomic E-state index is 6.11. The van der Waals surface area contributed by atoms with Gasteiger partial charge in [0.15, 0.2) is 12.6 Å². The molecule has 1 aromatic rings. The SMILES string of the molecule is CCCCCCCOC(CCC)=C(OCCCCCCC)OCOCc1ccccc1. The predicted molar refractivity (Wildman–Crippen MR) is 129 cm³/mol. The number of hydrogen-bond donors (Lipinski definition) is 0. The number of benzene rings is 1. The number of unbranched alkanes of at least 4 members (excludes halogenated alkanes) is 8. The molecule has 0 aliphatic rings. The minimum absolute atomic E-state index is 0.160. The highest BCUT2D eigenvalue weighted by Crippen LogP contribution is 2.18. The molecule has 0 N–H and O–H groups in total. The van der Waals surface area contributed by atoms with Gasteiger partial charge in [-0.1, -0.05) is 102 Å². The lowest BCUT2D eigenvalue weighted by Crippen LogP contribution is -2.10. The zero-order valence-electron chi connectivity index (χ0n) is 20.3. The molecule has 31 heavy (non-hydrogen) atoms. The first-order valence-corrected chi connectivity index (χ1v) is 12.5. The minimum atomic E-state index is 0.160. The molecule has 0 amide bonds. The van der Waals surface area contributed by atoms with Gasteiger partial charge in [-0.05, 0) is 24.8 Å². The summed E-state index contributed by atoms with van der Waals surface area (Å²) in [6, 6.07) is 10.1. The Morgan fingerprint density at radius 3 is 1.87 bits per heavy atom. The monoisotopic (exact) mass is 434 g/mol. The molecule has 0 bridgehead atoms. The minimum Gasteiger partial charge on any atom is -0.491 e. The van der Waals surface area contributed by atoms with Gasteiger partial charge in [0.05, 0.1) is 19.8 Å². The molecule has 0 aromatic heterocycles. The van der Waals surface area contributed by atoms with Crippen LogP contribution in [0.15, 0.2) is 42.0 Å². The van der Waals surface area contributed by atoms with Crippen molar-refractivity contribution in [2.24, 2.45) is 0 Å². The molecule has 0 saturated carbocycles. The molecule has 0 fully saturated rings. The quantitative estimate of drug-likeness (QED) is 0.111. The van der Waals surface area contributed by atoms with Crippen molar-refractivity contribution >= 4 is 0 Å². The van der Waals surface area contributed by atoms with Gasteiger partial charge in [0, 0.05) is 6.42 Å². The Bertz CT molecular complexity index is 541. The summed E-state index contributed by atoms with van der Waals surface area (Å²) in [5.74, 6) is 1.34. The Morgan fingerprint density at radius 2 is 1.26 bits per heavy atom. The molecule has 1 rings (SSSR count). The third-order valence-electron chi connectivity index (χ3n) is 5.09. The van der Waals surface area contributed by atoms with Crippen LogP contribution in [0.4, 0.5) is 0 Å². The van der Waals surface area contributed by atoms with Crippen molar-refractivity contribution in [1.82, 2.24) is 0 Å². The van der Waals surface area contributed by atoms with Crippen molar-refractivity contribution in [3.8, 4) is 0 Å². The Balaban J connectivity index is 2.54. The topological polar surface area (TPSA) is 36.9 Å². The van der Waals surface area contributed by atoms with Crippen molar-refractivity contribution < 1.29 is 18.9 Å². The van der Waals surface area contributed by atoms with Crippen molar-refractivity contribution in [2.45, 2.75) is 104 Å². The Labute approximate surface area is 191 Å². The molecule has 0 spiro atoms. The van der Waals surface area contributed by atoms with Gasteiger partial charge >= 0.3 is 5.95 Å². The van der Waals surface area contributed by atoms with Crippen LogP contribution in [0.2, 0.25) is 0 Å². The van der Waals surface area contributed by atoms with Crippen molar-refractivity contribution in [1.29, 1.82) is 0 Å². The van der Waals surface area contributed by atoms with Crippen LogP contribution in [-0.2, 0) is 25.6 Å². The molecule has 0 heterocycles. The molecular weight excluding hydrogens is 388 g/mol.